The van der Waals surface area contributed by atoms with Gasteiger partial charge in [-0.05, 0) is 51.4 Å². The van der Waals surface area contributed by atoms with E-state index in [0.717, 1.165) is 44.7 Å². The third kappa shape index (κ3) is 5.87. The molecule has 2 aromatic heterocycles. The van der Waals surface area contributed by atoms with Crippen molar-refractivity contribution in [3.05, 3.63) is 51.4 Å². The number of aromatic nitrogens is 3. The minimum Gasteiger partial charge on any atom is -0.323 e. The second kappa shape index (κ2) is 11.2. The average molecular weight is 534 g/mol. The number of benzene rings is 1. The van der Waals surface area contributed by atoms with Gasteiger partial charge >= 0.3 is 0 Å². The molecule has 1 aliphatic heterocycles. The lowest BCUT2D eigenvalue weighted by molar-refractivity contribution is 0.239. The molecule has 0 saturated carbocycles. The van der Waals surface area contributed by atoms with Crippen LogP contribution >= 0.6 is 11.6 Å². The highest BCUT2D eigenvalue weighted by Crippen LogP contribution is 2.28. The van der Waals surface area contributed by atoms with Gasteiger partial charge < -0.3 is 15.5 Å². The van der Waals surface area contributed by atoms with E-state index in [4.69, 9.17) is 11.6 Å². The molecule has 1 aromatic carbocycles. The fourth-order valence-electron chi connectivity index (χ4n) is 4.28. The topological polar surface area (TPSA) is 121 Å². The number of pyridine rings is 1. The second-order valence-corrected chi connectivity index (χ2v) is 11.3. The van der Waals surface area contributed by atoms with Gasteiger partial charge in [0.15, 0.2) is 0 Å². The summed E-state index contributed by atoms with van der Waals surface area (Å²) in [7, 11) is -3.78. The highest BCUT2D eigenvalue weighted by Gasteiger charge is 2.21. The summed E-state index contributed by atoms with van der Waals surface area (Å²) in [4.78, 5) is 23.9. The highest BCUT2D eigenvalue weighted by molar-refractivity contribution is 7.89. The zero-order chi connectivity index (χ0) is 25.9. The zero-order valence-corrected chi connectivity index (χ0v) is 22.3. The van der Waals surface area contributed by atoms with Gasteiger partial charge in [0.05, 0.1) is 5.69 Å². The standard InChI is InChI=1S/C24H32ClN7O3S/c1-16(2)32-22-18(14-19(25)23(32)33)15-27-24(30-22)29-21-17(3)6-4-7-20(21)36(34,35)28-8-5-11-31-12-9-26-10-13-31/h4,6-7,14-16,26,28H,5,8-13H2,1-3H3,(H,27,29,30). The number of aryl methyl sites for hydroxylation is 1. The highest BCUT2D eigenvalue weighted by atomic mass is 35.5. The van der Waals surface area contributed by atoms with Crippen molar-refractivity contribution < 1.29 is 8.42 Å². The SMILES string of the molecule is Cc1cccc(S(=O)(=O)NCCCN2CCNCC2)c1Nc1ncc2cc(Cl)c(=O)n(C(C)C)c2n1. The molecule has 3 heterocycles. The number of halogens is 1. The molecule has 194 valence electrons. The van der Waals surface area contributed by atoms with Crippen LogP contribution in [0.2, 0.25) is 5.02 Å². The van der Waals surface area contributed by atoms with E-state index in [-0.39, 0.29) is 27.5 Å². The minimum atomic E-state index is -3.78. The quantitative estimate of drug-likeness (QED) is 0.359. The van der Waals surface area contributed by atoms with Gasteiger partial charge in [0, 0.05) is 50.3 Å². The maximum Gasteiger partial charge on any atom is 0.271 e. The van der Waals surface area contributed by atoms with E-state index in [2.05, 4.69) is 30.2 Å². The number of rotatable bonds is 9. The molecule has 1 fully saturated rings. The Bertz CT molecular complexity index is 1400. The minimum absolute atomic E-state index is 0.0934. The molecule has 1 aliphatic rings. The second-order valence-electron chi connectivity index (χ2n) is 9.15. The molecule has 0 amide bonds. The molecular weight excluding hydrogens is 502 g/mol. The van der Waals surface area contributed by atoms with Gasteiger partial charge in [-0.15, -0.1) is 0 Å². The van der Waals surface area contributed by atoms with Crippen LogP contribution in [0.5, 0.6) is 0 Å². The average Bonchev–Trinajstić information content (AvgIpc) is 2.84. The van der Waals surface area contributed by atoms with Crippen LogP contribution in [-0.2, 0) is 10.0 Å². The lowest BCUT2D eigenvalue weighted by Crippen LogP contribution is -2.44. The Morgan fingerprint density at radius 3 is 2.69 bits per heavy atom. The maximum absolute atomic E-state index is 13.2. The molecule has 1 saturated heterocycles. The number of nitrogens with zero attached hydrogens (tertiary/aromatic N) is 4. The Labute approximate surface area is 216 Å². The molecule has 0 radical (unpaired) electrons. The third-order valence-corrected chi connectivity index (χ3v) is 7.93. The number of hydrogen-bond donors (Lipinski definition) is 3. The largest absolute Gasteiger partial charge is 0.323 e. The fraction of sp³-hybridized carbons (Fsp3) is 0.458. The van der Waals surface area contributed by atoms with Crippen molar-refractivity contribution >= 4 is 44.3 Å². The predicted molar refractivity (Wildman–Crippen MR) is 143 cm³/mol. The first kappa shape index (κ1) is 26.5. The number of nitrogens with one attached hydrogen (secondary N) is 3. The van der Waals surface area contributed by atoms with Crippen LogP contribution in [0.25, 0.3) is 11.0 Å². The van der Waals surface area contributed by atoms with Gasteiger partial charge in [-0.1, -0.05) is 23.7 Å². The van der Waals surface area contributed by atoms with Crippen LogP contribution in [0.3, 0.4) is 0 Å². The fourth-order valence-corrected chi connectivity index (χ4v) is 5.80. The first-order chi connectivity index (χ1) is 17.2. The van der Waals surface area contributed by atoms with Crippen molar-refractivity contribution in [3.8, 4) is 0 Å². The number of anilines is 2. The molecule has 0 atom stereocenters. The van der Waals surface area contributed by atoms with Crippen LogP contribution in [0.4, 0.5) is 11.6 Å². The normalized spacial score (nSPS) is 15.0. The molecule has 10 nitrogen and oxygen atoms in total. The molecule has 4 rings (SSSR count). The zero-order valence-electron chi connectivity index (χ0n) is 20.7. The Kier molecular flexibility index (Phi) is 8.26. The van der Waals surface area contributed by atoms with Gasteiger partial charge in [0.1, 0.15) is 15.6 Å². The molecule has 3 aromatic rings. The van der Waals surface area contributed by atoms with E-state index < -0.39 is 10.0 Å². The predicted octanol–water partition coefficient (Wildman–Crippen LogP) is 2.65. The monoisotopic (exact) mass is 533 g/mol. The van der Waals surface area contributed by atoms with Crippen LogP contribution in [0, 0.1) is 6.92 Å². The van der Waals surface area contributed by atoms with Gasteiger partial charge in [0.2, 0.25) is 16.0 Å². The van der Waals surface area contributed by atoms with E-state index in [1.165, 1.54) is 10.6 Å². The summed E-state index contributed by atoms with van der Waals surface area (Å²) in [5, 5.41) is 7.10. The van der Waals surface area contributed by atoms with Crippen molar-refractivity contribution in [2.45, 2.75) is 38.1 Å². The van der Waals surface area contributed by atoms with E-state index >= 15 is 0 Å². The number of fused-ring (bicyclic) bond motifs is 1. The maximum atomic E-state index is 13.2. The molecule has 3 N–H and O–H groups in total. The first-order valence-electron chi connectivity index (χ1n) is 12.0. The van der Waals surface area contributed by atoms with Crippen LogP contribution in [0.1, 0.15) is 31.9 Å². The Morgan fingerprint density at radius 2 is 1.97 bits per heavy atom. The van der Waals surface area contributed by atoms with E-state index in [0.29, 0.717) is 23.3 Å². The molecule has 0 spiro atoms. The van der Waals surface area contributed by atoms with Gasteiger partial charge in [-0.3, -0.25) is 9.36 Å². The van der Waals surface area contributed by atoms with Crippen molar-refractivity contribution in [2.24, 2.45) is 0 Å². The summed E-state index contributed by atoms with van der Waals surface area (Å²) < 4.78 is 30.6. The van der Waals surface area contributed by atoms with Crippen molar-refractivity contribution in [1.29, 1.82) is 0 Å². The molecular formula is C24H32ClN7O3S. The van der Waals surface area contributed by atoms with E-state index in [1.54, 1.807) is 18.3 Å². The molecule has 36 heavy (non-hydrogen) atoms. The summed E-state index contributed by atoms with van der Waals surface area (Å²) in [6.45, 7) is 10.6. The van der Waals surface area contributed by atoms with E-state index in [1.807, 2.05) is 26.8 Å². The Balaban J connectivity index is 1.58. The number of para-hydroxylation sites is 1. The number of hydrogen-bond acceptors (Lipinski definition) is 8. The first-order valence-corrected chi connectivity index (χ1v) is 13.9. The van der Waals surface area contributed by atoms with E-state index in [9.17, 15) is 13.2 Å². The van der Waals surface area contributed by atoms with Crippen molar-refractivity contribution in [3.63, 3.8) is 0 Å². The van der Waals surface area contributed by atoms with Crippen LogP contribution < -0.4 is 20.9 Å². The Hall–Kier alpha value is -2.57. The third-order valence-electron chi connectivity index (χ3n) is 6.16. The number of sulfonamides is 1. The molecule has 12 heteroatoms. The van der Waals surface area contributed by atoms with Crippen LogP contribution in [0.15, 0.2) is 40.2 Å². The molecule has 0 unspecified atom stereocenters. The summed E-state index contributed by atoms with van der Waals surface area (Å²) in [5.41, 5.74) is 1.19. The lowest BCUT2D eigenvalue weighted by atomic mass is 10.2. The lowest BCUT2D eigenvalue weighted by Gasteiger charge is -2.27. The van der Waals surface area contributed by atoms with Crippen molar-refractivity contribution in [2.75, 3.05) is 44.6 Å². The van der Waals surface area contributed by atoms with Crippen molar-refractivity contribution in [1.82, 2.24) is 29.5 Å². The summed E-state index contributed by atoms with van der Waals surface area (Å²) in [5.74, 6) is 0.183. The van der Waals surface area contributed by atoms with Gasteiger partial charge in [0.25, 0.3) is 5.56 Å². The summed E-state index contributed by atoms with van der Waals surface area (Å²) in [6.07, 6.45) is 2.28. The Morgan fingerprint density at radius 1 is 1.22 bits per heavy atom. The molecule has 0 bridgehead atoms. The number of piperazine rings is 1. The summed E-state index contributed by atoms with van der Waals surface area (Å²) >= 11 is 6.11. The van der Waals surface area contributed by atoms with Gasteiger partial charge in [-0.25, -0.2) is 18.1 Å². The summed E-state index contributed by atoms with van der Waals surface area (Å²) in [6, 6.07) is 6.43. The van der Waals surface area contributed by atoms with Crippen LogP contribution in [-0.4, -0.2) is 67.1 Å². The molecule has 0 aliphatic carbocycles. The van der Waals surface area contributed by atoms with Gasteiger partial charge in [-0.2, -0.15) is 4.98 Å². The smallest absolute Gasteiger partial charge is 0.271 e.